The van der Waals surface area contributed by atoms with E-state index in [0.29, 0.717) is 6.04 Å². The van der Waals surface area contributed by atoms with Crippen LogP contribution in [0.1, 0.15) is 56.2 Å². The Morgan fingerprint density at radius 3 is 2.14 bits per heavy atom. The van der Waals surface area contributed by atoms with Gasteiger partial charge in [0, 0.05) is 61.8 Å². The second-order valence-corrected chi connectivity index (χ2v) is 9.33. The van der Waals surface area contributed by atoms with Crippen molar-refractivity contribution in [2.45, 2.75) is 59.0 Å². The summed E-state index contributed by atoms with van der Waals surface area (Å²) in [4.78, 5) is 12.0. The van der Waals surface area contributed by atoms with Gasteiger partial charge in [0.15, 0.2) is 0 Å². The van der Waals surface area contributed by atoms with Crippen LogP contribution in [-0.4, -0.2) is 68.3 Å². The fourth-order valence-corrected chi connectivity index (χ4v) is 5.01. The van der Waals surface area contributed by atoms with E-state index in [4.69, 9.17) is 14.5 Å². The summed E-state index contributed by atoms with van der Waals surface area (Å²) in [6.07, 6.45) is 6.99. The fraction of sp³-hybridized carbons (Fsp3) is 0.552. The van der Waals surface area contributed by atoms with E-state index in [1.54, 1.807) is 14.2 Å². The summed E-state index contributed by atoms with van der Waals surface area (Å²) in [5, 5.41) is 0. The molecule has 2 heterocycles. The molecule has 6 heteroatoms. The third-order valence-corrected chi connectivity index (χ3v) is 7.19. The van der Waals surface area contributed by atoms with Gasteiger partial charge >= 0.3 is 0 Å². The zero-order chi connectivity index (χ0) is 25.4. The molecule has 4 rings (SSSR count). The topological polar surface area (TPSA) is 41.1 Å². The first kappa shape index (κ1) is 26.9. The molecule has 0 bridgehead atoms. The molecule has 0 atom stereocenters. The minimum atomic E-state index is 0.494. The second kappa shape index (κ2) is 12.8. The minimum Gasteiger partial charge on any atom is -0.496 e. The fourth-order valence-electron chi connectivity index (χ4n) is 5.01. The SMILES string of the molecule is C=C(c1cc(OC)c(C)c(OC)c1)N(Cc1ccc(N2CCN(C)CC2)nc1)C1CCCC1.CC. The molecule has 1 aliphatic carbocycles. The molecule has 0 unspecified atom stereocenters. The maximum atomic E-state index is 5.62. The van der Waals surface area contributed by atoms with Gasteiger partial charge in [0.25, 0.3) is 0 Å². The number of nitrogens with zero attached hydrogens (tertiary/aromatic N) is 4. The number of pyridine rings is 1. The maximum absolute atomic E-state index is 5.62. The summed E-state index contributed by atoms with van der Waals surface area (Å²) in [6.45, 7) is 15.6. The number of anilines is 1. The molecule has 1 saturated heterocycles. The van der Waals surface area contributed by atoms with Crippen molar-refractivity contribution in [2.24, 2.45) is 0 Å². The zero-order valence-corrected chi connectivity index (χ0v) is 22.6. The number of ether oxygens (including phenoxy) is 2. The van der Waals surface area contributed by atoms with E-state index in [2.05, 4.69) is 52.6 Å². The molecule has 2 aromatic rings. The highest BCUT2D eigenvalue weighted by molar-refractivity contribution is 5.67. The Kier molecular flexibility index (Phi) is 9.84. The highest BCUT2D eigenvalue weighted by Gasteiger charge is 2.26. The number of likely N-dealkylation sites (N-methyl/N-ethyl adjacent to an activating group) is 1. The largest absolute Gasteiger partial charge is 0.496 e. The van der Waals surface area contributed by atoms with Gasteiger partial charge in [-0.15, -0.1) is 0 Å². The predicted octanol–water partition coefficient (Wildman–Crippen LogP) is 5.60. The van der Waals surface area contributed by atoms with Gasteiger partial charge in [0.1, 0.15) is 17.3 Å². The third kappa shape index (κ3) is 6.49. The quantitative estimate of drug-likeness (QED) is 0.490. The molecular weight excluding hydrogens is 436 g/mol. The Bertz CT molecular complexity index is 921. The number of rotatable bonds is 8. The summed E-state index contributed by atoms with van der Waals surface area (Å²) >= 11 is 0. The lowest BCUT2D eigenvalue weighted by Crippen LogP contribution is -2.44. The molecule has 1 aromatic carbocycles. The predicted molar refractivity (Wildman–Crippen MR) is 146 cm³/mol. The van der Waals surface area contributed by atoms with Crippen molar-refractivity contribution in [3.8, 4) is 11.5 Å². The average Bonchev–Trinajstić information content (AvgIpc) is 3.44. The highest BCUT2D eigenvalue weighted by atomic mass is 16.5. The molecule has 0 N–H and O–H groups in total. The Hall–Kier alpha value is -2.73. The van der Waals surface area contributed by atoms with Crippen molar-refractivity contribution in [1.29, 1.82) is 0 Å². The zero-order valence-electron chi connectivity index (χ0n) is 22.6. The Labute approximate surface area is 212 Å². The van der Waals surface area contributed by atoms with Gasteiger partial charge < -0.3 is 24.2 Å². The molecule has 0 amide bonds. The standard InChI is InChI=1S/C27H38N4O2.C2H6/c1-20-25(32-4)16-23(17-26(20)33-5)21(2)31(24-8-6-7-9-24)19-22-10-11-27(28-18-22)30-14-12-29(3)13-15-30;1-2/h10-11,16-18,24H,2,6-9,12-15,19H2,1,3-5H3;1-2H3. The van der Waals surface area contributed by atoms with Crippen molar-refractivity contribution in [1.82, 2.24) is 14.8 Å². The van der Waals surface area contributed by atoms with E-state index in [-0.39, 0.29) is 0 Å². The van der Waals surface area contributed by atoms with Gasteiger partial charge in [0.05, 0.1) is 14.2 Å². The highest BCUT2D eigenvalue weighted by Crippen LogP contribution is 2.36. The van der Waals surface area contributed by atoms with E-state index >= 15 is 0 Å². The van der Waals surface area contributed by atoms with Crippen LogP contribution in [0.25, 0.3) is 5.70 Å². The van der Waals surface area contributed by atoms with Gasteiger partial charge in [0.2, 0.25) is 0 Å². The van der Waals surface area contributed by atoms with Crippen LogP contribution in [-0.2, 0) is 6.54 Å². The molecule has 192 valence electrons. The monoisotopic (exact) mass is 480 g/mol. The molecule has 6 nitrogen and oxygen atoms in total. The number of piperazine rings is 1. The van der Waals surface area contributed by atoms with Crippen LogP contribution < -0.4 is 14.4 Å². The normalized spacial score (nSPS) is 16.5. The molecular formula is C29H44N4O2. The van der Waals surface area contributed by atoms with Crippen molar-refractivity contribution >= 4 is 11.5 Å². The molecule has 1 saturated carbocycles. The Balaban J connectivity index is 0.00000167. The van der Waals surface area contributed by atoms with E-state index < -0.39 is 0 Å². The van der Waals surface area contributed by atoms with Crippen LogP contribution in [0.5, 0.6) is 11.5 Å². The Morgan fingerprint density at radius 2 is 1.63 bits per heavy atom. The van der Waals surface area contributed by atoms with E-state index in [1.165, 1.54) is 31.2 Å². The van der Waals surface area contributed by atoms with Crippen LogP contribution in [0, 0.1) is 6.92 Å². The number of methoxy groups -OCH3 is 2. The van der Waals surface area contributed by atoms with Gasteiger partial charge in [-0.3, -0.25) is 0 Å². The van der Waals surface area contributed by atoms with Crippen LogP contribution >= 0.6 is 0 Å². The summed E-state index contributed by atoms with van der Waals surface area (Å²) < 4.78 is 11.2. The smallest absolute Gasteiger partial charge is 0.128 e. The summed E-state index contributed by atoms with van der Waals surface area (Å²) in [6, 6.07) is 9.06. The number of hydrogen-bond acceptors (Lipinski definition) is 6. The lowest BCUT2D eigenvalue weighted by molar-refractivity contribution is 0.289. The third-order valence-electron chi connectivity index (χ3n) is 7.19. The maximum Gasteiger partial charge on any atom is 0.128 e. The molecule has 2 aliphatic rings. The molecule has 0 spiro atoms. The lowest BCUT2D eigenvalue weighted by atomic mass is 10.0. The van der Waals surface area contributed by atoms with E-state index in [0.717, 1.165) is 66.9 Å². The first-order chi connectivity index (χ1) is 17.0. The first-order valence-corrected chi connectivity index (χ1v) is 13.1. The molecule has 2 fully saturated rings. The van der Waals surface area contributed by atoms with Crippen molar-refractivity contribution in [3.05, 3.63) is 53.7 Å². The lowest BCUT2D eigenvalue weighted by Gasteiger charge is -2.34. The first-order valence-electron chi connectivity index (χ1n) is 13.1. The minimum absolute atomic E-state index is 0.494. The van der Waals surface area contributed by atoms with Crippen LogP contribution in [0.2, 0.25) is 0 Å². The summed E-state index contributed by atoms with van der Waals surface area (Å²) in [7, 11) is 5.59. The van der Waals surface area contributed by atoms with Gasteiger partial charge in [-0.05, 0) is 50.6 Å². The van der Waals surface area contributed by atoms with Crippen molar-refractivity contribution < 1.29 is 9.47 Å². The summed E-state index contributed by atoms with van der Waals surface area (Å²) in [5.41, 5.74) is 4.28. The van der Waals surface area contributed by atoms with Gasteiger partial charge in [-0.1, -0.05) is 39.3 Å². The van der Waals surface area contributed by atoms with E-state index in [1.807, 2.05) is 27.0 Å². The molecule has 0 radical (unpaired) electrons. The van der Waals surface area contributed by atoms with Crippen molar-refractivity contribution in [3.63, 3.8) is 0 Å². The van der Waals surface area contributed by atoms with Gasteiger partial charge in [-0.2, -0.15) is 0 Å². The number of aromatic nitrogens is 1. The summed E-state index contributed by atoms with van der Waals surface area (Å²) in [5.74, 6) is 2.73. The molecule has 1 aromatic heterocycles. The van der Waals surface area contributed by atoms with Crippen LogP contribution in [0.3, 0.4) is 0 Å². The number of benzene rings is 1. The molecule has 1 aliphatic heterocycles. The number of hydrogen-bond donors (Lipinski definition) is 0. The average molecular weight is 481 g/mol. The second-order valence-electron chi connectivity index (χ2n) is 9.33. The van der Waals surface area contributed by atoms with Crippen LogP contribution in [0.15, 0.2) is 37.0 Å². The molecule has 35 heavy (non-hydrogen) atoms. The van der Waals surface area contributed by atoms with Crippen molar-refractivity contribution in [2.75, 3.05) is 52.3 Å². The van der Waals surface area contributed by atoms with Crippen LogP contribution in [0.4, 0.5) is 5.82 Å². The Morgan fingerprint density at radius 1 is 1.03 bits per heavy atom. The van der Waals surface area contributed by atoms with E-state index in [9.17, 15) is 0 Å². The van der Waals surface area contributed by atoms with Gasteiger partial charge in [-0.25, -0.2) is 4.98 Å².